The normalized spacial score (nSPS) is 12.1. The van der Waals surface area contributed by atoms with Gasteiger partial charge in [0.15, 0.2) is 0 Å². The molecule has 0 aliphatic rings. The maximum Gasteiger partial charge on any atom is 0.263 e. The number of aromatic amines is 1. The highest BCUT2D eigenvalue weighted by Gasteiger charge is 2.21. The minimum atomic E-state index is -4.18. The summed E-state index contributed by atoms with van der Waals surface area (Å²) in [6, 6.07) is 9.39. The number of rotatable bonds is 5. The van der Waals surface area contributed by atoms with Crippen LogP contribution in [0.25, 0.3) is 11.4 Å². The Morgan fingerprint density at radius 2 is 1.85 bits per heavy atom. The van der Waals surface area contributed by atoms with E-state index in [1.165, 1.54) is 12.1 Å². The third-order valence-electron chi connectivity index (χ3n) is 3.24. The molecule has 0 saturated carbocycles. The van der Waals surface area contributed by atoms with E-state index >= 15 is 0 Å². The van der Waals surface area contributed by atoms with Gasteiger partial charge in [0.2, 0.25) is 15.8 Å². The van der Waals surface area contributed by atoms with Crippen molar-refractivity contribution in [2.75, 3.05) is 4.72 Å². The van der Waals surface area contributed by atoms with Crippen molar-refractivity contribution >= 4 is 37.3 Å². The van der Waals surface area contributed by atoms with Crippen LogP contribution < -0.4 is 9.86 Å². The molecule has 1 heterocycles. The lowest BCUT2D eigenvalue weighted by Crippen LogP contribution is -2.16. The molecule has 10 nitrogen and oxygen atoms in total. The number of sulfonamides is 2. The fourth-order valence-electron chi connectivity index (χ4n) is 2.08. The van der Waals surface area contributed by atoms with E-state index in [2.05, 4.69) is 25.3 Å². The van der Waals surface area contributed by atoms with Crippen LogP contribution in [0.3, 0.4) is 0 Å². The van der Waals surface area contributed by atoms with Gasteiger partial charge in [-0.3, -0.25) is 4.72 Å². The fraction of sp³-hybridized carbons (Fsp3) is 0. The number of aromatic nitrogens is 4. The minimum Gasteiger partial charge on any atom is -0.280 e. The molecule has 13 heteroatoms. The van der Waals surface area contributed by atoms with Crippen molar-refractivity contribution < 1.29 is 16.8 Å². The topological polar surface area (TPSA) is 161 Å². The molecule has 0 aliphatic carbocycles. The number of nitrogens with two attached hydrogens (primary N) is 1. The van der Waals surface area contributed by atoms with Gasteiger partial charge in [-0.15, -0.1) is 10.2 Å². The van der Waals surface area contributed by atoms with Gasteiger partial charge in [0.05, 0.1) is 9.92 Å². The van der Waals surface area contributed by atoms with E-state index in [0.29, 0.717) is 5.56 Å². The summed E-state index contributed by atoms with van der Waals surface area (Å²) < 4.78 is 50.5. The monoisotopic (exact) mass is 414 g/mol. The standard InChI is InChI=1S/C13H11ClN6O4S2/c14-11-5-4-10(25(15,21)22)7-12(11)26(23,24)18-9-3-1-2-8(6-9)13-16-19-20-17-13/h1-7,18H,(H2,15,21,22)(H,16,17,19,20). The molecule has 0 radical (unpaired) electrons. The number of benzene rings is 2. The van der Waals surface area contributed by atoms with Crippen LogP contribution in [0, 0.1) is 0 Å². The van der Waals surface area contributed by atoms with Crippen molar-refractivity contribution in [2.24, 2.45) is 5.14 Å². The minimum absolute atomic E-state index is 0.153. The number of primary sulfonamides is 1. The van der Waals surface area contributed by atoms with Crippen molar-refractivity contribution in [3.8, 4) is 11.4 Å². The van der Waals surface area contributed by atoms with Crippen LogP contribution in [0.2, 0.25) is 5.02 Å². The molecule has 0 aliphatic heterocycles. The Balaban J connectivity index is 1.99. The van der Waals surface area contributed by atoms with E-state index in [9.17, 15) is 16.8 Å². The number of hydrogen-bond donors (Lipinski definition) is 3. The first kappa shape index (κ1) is 18.3. The number of halogens is 1. The number of tetrazole rings is 1. The molecule has 136 valence electrons. The number of nitrogens with zero attached hydrogens (tertiary/aromatic N) is 3. The van der Waals surface area contributed by atoms with Gasteiger partial charge in [-0.05, 0) is 35.5 Å². The first-order valence-electron chi connectivity index (χ1n) is 6.86. The predicted molar refractivity (Wildman–Crippen MR) is 93.2 cm³/mol. The van der Waals surface area contributed by atoms with Crippen molar-refractivity contribution in [1.82, 2.24) is 20.6 Å². The van der Waals surface area contributed by atoms with Gasteiger partial charge in [0.1, 0.15) is 4.90 Å². The van der Waals surface area contributed by atoms with E-state index in [0.717, 1.165) is 18.2 Å². The summed E-state index contributed by atoms with van der Waals surface area (Å²) in [5.74, 6) is 0.278. The van der Waals surface area contributed by atoms with Gasteiger partial charge in [-0.1, -0.05) is 23.7 Å². The van der Waals surface area contributed by atoms with Crippen molar-refractivity contribution in [1.29, 1.82) is 0 Å². The van der Waals surface area contributed by atoms with Gasteiger partial charge in [-0.25, -0.2) is 22.0 Å². The molecule has 3 aromatic rings. The molecule has 1 aromatic heterocycles. The molecule has 0 amide bonds. The van der Waals surface area contributed by atoms with Crippen LogP contribution in [-0.2, 0) is 20.0 Å². The zero-order chi connectivity index (χ0) is 18.9. The third-order valence-corrected chi connectivity index (χ3v) is 6.01. The first-order chi connectivity index (χ1) is 12.2. The highest BCUT2D eigenvalue weighted by atomic mass is 35.5. The Kier molecular flexibility index (Phi) is 4.66. The molecule has 0 atom stereocenters. The van der Waals surface area contributed by atoms with Crippen molar-refractivity contribution in [3.05, 3.63) is 47.5 Å². The lowest BCUT2D eigenvalue weighted by Gasteiger charge is -2.11. The number of nitrogens with one attached hydrogen (secondary N) is 2. The number of hydrogen-bond acceptors (Lipinski definition) is 7. The second-order valence-electron chi connectivity index (χ2n) is 5.06. The highest BCUT2D eigenvalue weighted by molar-refractivity contribution is 7.93. The third kappa shape index (κ3) is 3.83. The zero-order valence-corrected chi connectivity index (χ0v) is 15.2. The summed E-state index contributed by atoms with van der Waals surface area (Å²) in [4.78, 5) is -0.793. The van der Waals surface area contributed by atoms with Crippen LogP contribution in [0.15, 0.2) is 52.3 Å². The Bertz CT molecular complexity index is 1160. The second-order valence-corrected chi connectivity index (χ2v) is 8.68. The summed E-state index contributed by atoms with van der Waals surface area (Å²) in [5, 5.41) is 18.2. The molecule has 2 aromatic carbocycles. The lowest BCUT2D eigenvalue weighted by atomic mass is 10.2. The molecule has 26 heavy (non-hydrogen) atoms. The zero-order valence-electron chi connectivity index (χ0n) is 12.8. The van der Waals surface area contributed by atoms with Crippen LogP contribution in [0.4, 0.5) is 5.69 Å². The van der Waals surface area contributed by atoms with Crippen molar-refractivity contribution in [3.63, 3.8) is 0 Å². The average molecular weight is 415 g/mol. The van der Waals surface area contributed by atoms with E-state index < -0.39 is 24.9 Å². The quantitative estimate of drug-likeness (QED) is 0.560. The second kappa shape index (κ2) is 6.64. The maximum atomic E-state index is 12.6. The molecular weight excluding hydrogens is 404 g/mol. The summed E-state index contributed by atoms with van der Waals surface area (Å²) in [6.07, 6.45) is 0. The number of anilines is 1. The van der Waals surface area contributed by atoms with Crippen LogP contribution in [0.5, 0.6) is 0 Å². The van der Waals surface area contributed by atoms with Gasteiger partial charge in [-0.2, -0.15) is 5.21 Å². The van der Waals surface area contributed by atoms with Gasteiger partial charge >= 0.3 is 0 Å². The largest absolute Gasteiger partial charge is 0.280 e. The predicted octanol–water partition coefficient (Wildman–Crippen LogP) is 0.968. The molecule has 0 saturated heterocycles. The smallest absolute Gasteiger partial charge is 0.263 e. The molecular formula is C13H11ClN6O4S2. The van der Waals surface area contributed by atoms with Crippen LogP contribution in [-0.4, -0.2) is 37.5 Å². The lowest BCUT2D eigenvalue weighted by molar-refractivity contribution is 0.597. The summed E-state index contributed by atoms with van der Waals surface area (Å²) in [7, 11) is -8.27. The molecule has 0 bridgehead atoms. The van der Waals surface area contributed by atoms with Gasteiger partial charge in [0, 0.05) is 11.3 Å². The fourth-order valence-corrected chi connectivity index (χ4v) is 4.27. The summed E-state index contributed by atoms with van der Waals surface area (Å²) in [6.45, 7) is 0. The van der Waals surface area contributed by atoms with E-state index in [-0.39, 0.29) is 21.4 Å². The Morgan fingerprint density at radius 1 is 1.08 bits per heavy atom. The Labute approximate surface area is 153 Å². The maximum absolute atomic E-state index is 12.6. The summed E-state index contributed by atoms with van der Waals surface area (Å²) >= 11 is 5.92. The summed E-state index contributed by atoms with van der Waals surface area (Å²) in [5.41, 5.74) is 0.715. The molecule has 0 fully saturated rings. The molecule has 3 rings (SSSR count). The van der Waals surface area contributed by atoms with Gasteiger partial charge < -0.3 is 0 Å². The van der Waals surface area contributed by atoms with Gasteiger partial charge in [0.25, 0.3) is 10.0 Å². The molecule has 0 unspecified atom stereocenters. The highest BCUT2D eigenvalue weighted by Crippen LogP contribution is 2.27. The van der Waals surface area contributed by atoms with E-state index in [1.54, 1.807) is 12.1 Å². The van der Waals surface area contributed by atoms with E-state index in [4.69, 9.17) is 16.7 Å². The van der Waals surface area contributed by atoms with Crippen molar-refractivity contribution in [2.45, 2.75) is 9.79 Å². The number of H-pyrrole nitrogens is 1. The average Bonchev–Trinajstić information content (AvgIpc) is 3.08. The first-order valence-corrected chi connectivity index (χ1v) is 10.3. The van der Waals surface area contributed by atoms with E-state index in [1.807, 2.05) is 0 Å². The SMILES string of the molecule is NS(=O)(=O)c1ccc(Cl)c(S(=O)(=O)Nc2cccc(-c3nn[nH]n3)c2)c1. The molecule has 4 N–H and O–H groups in total. The van der Waals surface area contributed by atoms with Crippen LogP contribution in [0.1, 0.15) is 0 Å². The van der Waals surface area contributed by atoms with Crippen LogP contribution >= 0.6 is 11.6 Å². The Morgan fingerprint density at radius 3 is 2.50 bits per heavy atom. The Hall–Kier alpha value is -2.54. The molecule has 0 spiro atoms.